The Morgan fingerprint density at radius 1 is 1.23 bits per heavy atom. The third kappa shape index (κ3) is 3.65. The van der Waals surface area contributed by atoms with Crippen LogP contribution in [0.2, 0.25) is 5.02 Å². The van der Waals surface area contributed by atoms with Gasteiger partial charge in [0.15, 0.2) is 0 Å². The maximum atomic E-state index is 6.14. The number of rotatable bonds is 5. The van der Waals surface area contributed by atoms with Crippen molar-refractivity contribution in [1.29, 1.82) is 0 Å². The quantitative estimate of drug-likeness (QED) is 0.777. The smallest absolute Gasteiger partial charge is 0.0832 e. The van der Waals surface area contributed by atoms with Crippen LogP contribution in [0.1, 0.15) is 16.8 Å². The minimum atomic E-state index is 0.666. The second-order valence-corrected chi connectivity index (χ2v) is 5.59. The summed E-state index contributed by atoms with van der Waals surface area (Å²) in [5, 5.41) is 8.49. The Morgan fingerprint density at radius 2 is 2.14 bits per heavy atom. The van der Waals surface area contributed by atoms with E-state index in [-0.39, 0.29) is 0 Å². The SMILES string of the molecule is Cc1ccc(CNc2cnn(Cc3ccccn3)c2)cc1Cl. The molecule has 22 heavy (non-hydrogen) atoms. The lowest BCUT2D eigenvalue weighted by Crippen LogP contribution is -2.02. The summed E-state index contributed by atoms with van der Waals surface area (Å²) in [5.41, 5.74) is 4.21. The molecule has 1 aromatic carbocycles. The fourth-order valence-electron chi connectivity index (χ4n) is 2.15. The summed E-state index contributed by atoms with van der Waals surface area (Å²) in [6.07, 6.45) is 5.59. The van der Waals surface area contributed by atoms with E-state index in [0.29, 0.717) is 6.54 Å². The van der Waals surface area contributed by atoms with Gasteiger partial charge in [0.25, 0.3) is 0 Å². The zero-order valence-electron chi connectivity index (χ0n) is 12.3. The van der Waals surface area contributed by atoms with E-state index in [1.54, 1.807) is 6.20 Å². The van der Waals surface area contributed by atoms with Crippen LogP contribution in [0.3, 0.4) is 0 Å². The van der Waals surface area contributed by atoms with E-state index >= 15 is 0 Å². The van der Waals surface area contributed by atoms with Gasteiger partial charge in [-0.25, -0.2) is 0 Å². The standard InChI is InChI=1S/C17H17ClN4/c1-13-5-6-14(8-17(13)18)9-20-16-10-21-22(12-16)11-15-4-2-3-7-19-15/h2-8,10,12,20H,9,11H2,1H3. The molecule has 2 aromatic heterocycles. The Labute approximate surface area is 134 Å². The summed E-state index contributed by atoms with van der Waals surface area (Å²) in [4.78, 5) is 4.30. The average molecular weight is 313 g/mol. The molecular weight excluding hydrogens is 296 g/mol. The first-order chi connectivity index (χ1) is 10.7. The van der Waals surface area contributed by atoms with Gasteiger partial charge in [-0.3, -0.25) is 9.67 Å². The molecule has 0 aliphatic heterocycles. The Bertz CT molecular complexity index is 752. The molecule has 0 saturated heterocycles. The van der Waals surface area contributed by atoms with Crippen LogP contribution in [0.25, 0.3) is 0 Å². The number of nitrogens with one attached hydrogen (secondary N) is 1. The van der Waals surface area contributed by atoms with E-state index in [1.807, 2.05) is 54.3 Å². The van der Waals surface area contributed by atoms with Gasteiger partial charge >= 0.3 is 0 Å². The predicted octanol–water partition coefficient (Wildman–Crippen LogP) is 3.90. The molecule has 0 amide bonds. The monoisotopic (exact) mass is 312 g/mol. The van der Waals surface area contributed by atoms with Crippen molar-refractivity contribution in [2.75, 3.05) is 5.32 Å². The molecule has 0 spiro atoms. The van der Waals surface area contributed by atoms with Gasteiger partial charge in [-0.2, -0.15) is 5.10 Å². The number of hydrogen-bond donors (Lipinski definition) is 1. The van der Waals surface area contributed by atoms with Gasteiger partial charge in [-0.1, -0.05) is 29.8 Å². The number of aryl methyl sites for hydroxylation is 1. The molecule has 0 atom stereocenters. The van der Waals surface area contributed by atoms with Gasteiger partial charge in [-0.15, -0.1) is 0 Å². The number of anilines is 1. The summed E-state index contributed by atoms with van der Waals surface area (Å²) in [6.45, 7) is 3.38. The molecule has 1 N–H and O–H groups in total. The van der Waals surface area contributed by atoms with Crippen LogP contribution in [-0.4, -0.2) is 14.8 Å². The number of aromatic nitrogens is 3. The van der Waals surface area contributed by atoms with Crippen molar-refractivity contribution in [2.24, 2.45) is 0 Å². The summed E-state index contributed by atoms with van der Waals surface area (Å²) < 4.78 is 1.87. The number of pyridine rings is 1. The van der Waals surface area contributed by atoms with Crippen molar-refractivity contribution >= 4 is 17.3 Å². The summed E-state index contributed by atoms with van der Waals surface area (Å²) >= 11 is 6.14. The largest absolute Gasteiger partial charge is 0.378 e. The van der Waals surface area contributed by atoms with Crippen molar-refractivity contribution in [1.82, 2.24) is 14.8 Å². The first-order valence-electron chi connectivity index (χ1n) is 7.12. The molecule has 0 radical (unpaired) electrons. The van der Waals surface area contributed by atoms with Gasteiger partial charge in [0, 0.05) is 24.0 Å². The second-order valence-electron chi connectivity index (χ2n) is 5.18. The number of benzene rings is 1. The lowest BCUT2D eigenvalue weighted by Gasteiger charge is -2.05. The zero-order chi connectivity index (χ0) is 15.4. The molecule has 0 fully saturated rings. The lowest BCUT2D eigenvalue weighted by molar-refractivity contribution is 0.673. The normalized spacial score (nSPS) is 10.6. The Balaban J connectivity index is 1.61. The number of hydrogen-bond acceptors (Lipinski definition) is 3. The van der Waals surface area contributed by atoms with Crippen molar-refractivity contribution in [2.45, 2.75) is 20.0 Å². The zero-order valence-corrected chi connectivity index (χ0v) is 13.1. The van der Waals surface area contributed by atoms with Crippen LogP contribution < -0.4 is 5.32 Å². The van der Waals surface area contributed by atoms with Crippen LogP contribution in [0, 0.1) is 6.92 Å². The van der Waals surface area contributed by atoms with Crippen LogP contribution in [-0.2, 0) is 13.1 Å². The van der Waals surface area contributed by atoms with Gasteiger partial charge < -0.3 is 5.32 Å². The minimum absolute atomic E-state index is 0.666. The average Bonchev–Trinajstić information content (AvgIpc) is 2.97. The van der Waals surface area contributed by atoms with Gasteiger partial charge in [0.05, 0.1) is 24.1 Å². The predicted molar refractivity (Wildman–Crippen MR) is 89.1 cm³/mol. The molecule has 0 saturated carbocycles. The molecule has 3 rings (SSSR count). The van der Waals surface area contributed by atoms with Crippen LogP contribution in [0.4, 0.5) is 5.69 Å². The summed E-state index contributed by atoms with van der Waals surface area (Å²) in [6, 6.07) is 12.0. The van der Waals surface area contributed by atoms with Gasteiger partial charge in [0.1, 0.15) is 0 Å². The van der Waals surface area contributed by atoms with E-state index in [2.05, 4.69) is 21.5 Å². The van der Waals surface area contributed by atoms with Gasteiger partial charge in [0.2, 0.25) is 0 Å². The molecular formula is C17H17ClN4. The molecule has 0 aliphatic rings. The molecule has 5 heteroatoms. The van der Waals surface area contributed by atoms with Gasteiger partial charge in [-0.05, 0) is 36.2 Å². The highest BCUT2D eigenvalue weighted by molar-refractivity contribution is 6.31. The third-order valence-electron chi connectivity index (χ3n) is 3.42. The fourth-order valence-corrected chi connectivity index (χ4v) is 2.35. The first-order valence-corrected chi connectivity index (χ1v) is 7.50. The number of halogens is 1. The molecule has 0 aliphatic carbocycles. The van der Waals surface area contributed by atoms with Crippen molar-refractivity contribution in [3.05, 3.63) is 76.8 Å². The van der Waals surface area contributed by atoms with Crippen LogP contribution >= 0.6 is 11.6 Å². The van der Waals surface area contributed by atoms with Crippen LogP contribution in [0.15, 0.2) is 55.0 Å². The lowest BCUT2D eigenvalue weighted by atomic mass is 10.1. The van der Waals surface area contributed by atoms with E-state index in [0.717, 1.165) is 34.1 Å². The van der Waals surface area contributed by atoms with E-state index in [4.69, 9.17) is 11.6 Å². The van der Waals surface area contributed by atoms with E-state index in [1.165, 1.54) is 0 Å². The molecule has 4 nitrogen and oxygen atoms in total. The highest BCUT2D eigenvalue weighted by atomic mass is 35.5. The van der Waals surface area contributed by atoms with Crippen molar-refractivity contribution in [3.8, 4) is 0 Å². The van der Waals surface area contributed by atoms with Crippen LogP contribution in [0.5, 0.6) is 0 Å². The molecule has 2 heterocycles. The Morgan fingerprint density at radius 3 is 2.91 bits per heavy atom. The first kappa shape index (κ1) is 14.6. The second kappa shape index (κ2) is 6.62. The van der Waals surface area contributed by atoms with E-state index in [9.17, 15) is 0 Å². The highest BCUT2D eigenvalue weighted by Crippen LogP contribution is 2.17. The highest BCUT2D eigenvalue weighted by Gasteiger charge is 2.02. The topological polar surface area (TPSA) is 42.7 Å². The molecule has 0 unspecified atom stereocenters. The maximum Gasteiger partial charge on any atom is 0.0832 e. The molecule has 0 bridgehead atoms. The minimum Gasteiger partial charge on any atom is -0.378 e. The third-order valence-corrected chi connectivity index (χ3v) is 3.82. The van der Waals surface area contributed by atoms with Crippen molar-refractivity contribution < 1.29 is 0 Å². The Kier molecular flexibility index (Phi) is 4.39. The molecule has 3 aromatic rings. The van der Waals surface area contributed by atoms with Crippen molar-refractivity contribution in [3.63, 3.8) is 0 Å². The fraction of sp³-hybridized carbons (Fsp3) is 0.176. The van der Waals surface area contributed by atoms with E-state index < -0.39 is 0 Å². The Hall–Kier alpha value is -2.33. The number of nitrogens with zero attached hydrogens (tertiary/aromatic N) is 3. The summed E-state index contributed by atoms with van der Waals surface area (Å²) in [5.74, 6) is 0. The summed E-state index contributed by atoms with van der Waals surface area (Å²) in [7, 11) is 0. The maximum absolute atomic E-state index is 6.14. The molecule has 112 valence electrons.